The maximum atomic E-state index is 2.32. The topological polar surface area (TPSA) is 3.24 Å². The van der Waals surface area contributed by atoms with Crippen molar-refractivity contribution in [1.29, 1.82) is 0 Å². The summed E-state index contributed by atoms with van der Waals surface area (Å²) in [5.41, 5.74) is 13.2. The number of thiophene rings is 1. The first-order chi connectivity index (χ1) is 28.8. The fraction of sp³-hybridized carbons (Fsp3) is 0. The second-order valence-electron chi connectivity index (χ2n) is 14.8. The van der Waals surface area contributed by atoms with Crippen LogP contribution in [-0.4, -0.2) is 0 Å². The summed E-state index contributed by atoms with van der Waals surface area (Å²) in [6, 6.07) is 81.7. The summed E-state index contributed by atoms with van der Waals surface area (Å²) in [6.07, 6.45) is 0. The number of hydrogen-bond donors (Lipinski definition) is 0. The zero-order valence-electron chi connectivity index (χ0n) is 31.7. The molecule has 0 amide bonds. The van der Waals surface area contributed by atoms with Crippen molar-refractivity contribution < 1.29 is 0 Å². The van der Waals surface area contributed by atoms with Crippen LogP contribution < -0.4 is 4.90 Å². The molecule has 0 unspecified atom stereocenters. The SMILES string of the molecule is c1ccc(-c2ccc(N(c3ccccc3)c3ccc(-c4ccc(-c5c(-c6cccc7c6sc6ccccc67)c6ccccc6c6ccccc56)cc4)cc3)cc2)cc1. The molecule has 58 heavy (non-hydrogen) atoms. The molecule has 0 aliphatic heterocycles. The van der Waals surface area contributed by atoms with Crippen LogP contribution in [0.3, 0.4) is 0 Å². The number of para-hydroxylation sites is 1. The summed E-state index contributed by atoms with van der Waals surface area (Å²) in [7, 11) is 0. The Morgan fingerprint density at radius 2 is 0.672 bits per heavy atom. The quantitative estimate of drug-likeness (QED) is 0.146. The lowest BCUT2D eigenvalue weighted by atomic mass is 9.84. The number of fused-ring (bicyclic) bond motifs is 6. The van der Waals surface area contributed by atoms with E-state index in [1.54, 1.807) is 0 Å². The lowest BCUT2D eigenvalue weighted by Gasteiger charge is -2.26. The van der Waals surface area contributed by atoms with E-state index in [2.05, 4.69) is 229 Å². The van der Waals surface area contributed by atoms with Gasteiger partial charge >= 0.3 is 0 Å². The van der Waals surface area contributed by atoms with Gasteiger partial charge in [-0.05, 0) is 103 Å². The molecule has 0 atom stereocenters. The number of nitrogens with zero attached hydrogens (tertiary/aromatic N) is 1. The third-order valence-corrected chi connectivity index (χ3v) is 12.7. The summed E-state index contributed by atoms with van der Waals surface area (Å²) in [6.45, 7) is 0. The van der Waals surface area contributed by atoms with Gasteiger partial charge in [0.25, 0.3) is 0 Å². The van der Waals surface area contributed by atoms with Gasteiger partial charge in [-0.1, -0.05) is 182 Å². The molecule has 0 saturated carbocycles. The van der Waals surface area contributed by atoms with E-state index in [1.165, 1.54) is 86.2 Å². The van der Waals surface area contributed by atoms with Gasteiger partial charge in [0.1, 0.15) is 0 Å². The van der Waals surface area contributed by atoms with Crippen molar-refractivity contribution in [1.82, 2.24) is 0 Å². The van der Waals surface area contributed by atoms with E-state index in [4.69, 9.17) is 0 Å². The molecule has 0 bridgehead atoms. The van der Waals surface area contributed by atoms with Gasteiger partial charge in [-0.15, -0.1) is 11.3 Å². The van der Waals surface area contributed by atoms with E-state index < -0.39 is 0 Å². The molecule has 272 valence electrons. The first-order valence-corrected chi connectivity index (χ1v) is 20.7. The average Bonchev–Trinajstić information content (AvgIpc) is 3.69. The minimum absolute atomic E-state index is 1.11. The van der Waals surface area contributed by atoms with Crippen molar-refractivity contribution in [2.24, 2.45) is 0 Å². The Kier molecular flexibility index (Phi) is 8.42. The van der Waals surface area contributed by atoms with Crippen LogP contribution in [0.25, 0.3) is 86.2 Å². The number of anilines is 3. The molecule has 10 aromatic carbocycles. The lowest BCUT2D eigenvalue weighted by Crippen LogP contribution is -2.09. The van der Waals surface area contributed by atoms with Crippen LogP contribution in [0.5, 0.6) is 0 Å². The highest BCUT2D eigenvalue weighted by atomic mass is 32.1. The first-order valence-electron chi connectivity index (χ1n) is 19.8. The Bertz CT molecular complexity index is 3240. The molecular weight excluding hydrogens is 719 g/mol. The van der Waals surface area contributed by atoms with Crippen molar-refractivity contribution in [2.75, 3.05) is 4.90 Å². The van der Waals surface area contributed by atoms with Gasteiger partial charge < -0.3 is 4.90 Å². The largest absolute Gasteiger partial charge is 0.311 e. The Labute approximate surface area is 342 Å². The Morgan fingerprint density at radius 3 is 1.28 bits per heavy atom. The second-order valence-corrected chi connectivity index (χ2v) is 15.9. The van der Waals surface area contributed by atoms with E-state index in [1.807, 2.05) is 11.3 Å². The molecule has 11 aromatic rings. The fourth-order valence-electron chi connectivity index (χ4n) is 8.76. The molecule has 0 aliphatic carbocycles. The van der Waals surface area contributed by atoms with Crippen molar-refractivity contribution in [3.8, 4) is 44.5 Å². The molecule has 1 nitrogen and oxygen atoms in total. The maximum Gasteiger partial charge on any atom is 0.0462 e. The minimum Gasteiger partial charge on any atom is -0.311 e. The molecule has 2 heteroatoms. The Hall–Kier alpha value is -7.26. The molecule has 0 spiro atoms. The highest BCUT2D eigenvalue weighted by Gasteiger charge is 2.21. The molecular formula is C56H37NS. The second kappa shape index (κ2) is 14.4. The van der Waals surface area contributed by atoms with Crippen LogP contribution in [0.4, 0.5) is 17.1 Å². The molecule has 0 fully saturated rings. The zero-order chi connectivity index (χ0) is 38.4. The molecule has 0 radical (unpaired) electrons. The van der Waals surface area contributed by atoms with Crippen molar-refractivity contribution in [2.45, 2.75) is 0 Å². The van der Waals surface area contributed by atoms with Crippen molar-refractivity contribution in [3.63, 3.8) is 0 Å². The van der Waals surface area contributed by atoms with E-state index in [-0.39, 0.29) is 0 Å². The predicted molar refractivity (Wildman–Crippen MR) is 251 cm³/mol. The number of hydrogen-bond acceptors (Lipinski definition) is 2. The fourth-order valence-corrected chi connectivity index (χ4v) is 9.98. The summed E-state index contributed by atoms with van der Waals surface area (Å²) < 4.78 is 2.65. The van der Waals surface area contributed by atoms with Gasteiger partial charge in [0.15, 0.2) is 0 Å². The molecule has 1 heterocycles. The van der Waals surface area contributed by atoms with E-state index in [0.717, 1.165) is 17.1 Å². The third kappa shape index (κ3) is 5.86. The van der Waals surface area contributed by atoms with Crippen LogP contribution in [-0.2, 0) is 0 Å². The number of benzene rings is 10. The van der Waals surface area contributed by atoms with Crippen LogP contribution in [0.15, 0.2) is 224 Å². The highest BCUT2D eigenvalue weighted by Crippen LogP contribution is 2.49. The minimum atomic E-state index is 1.11. The smallest absolute Gasteiger partial charge is 0.0462 e. The van der Waals surface area contributed by atoms with Gasteiger partial charge in [0.2, 0.25) is 0 Å². The van der Waals surface area contributed by atoms with Gasteiger partial charge in [-0.3, -0.25) is 0 Å². The summed E-state index contributed by atoms with van der Waals surface area (Å²) >= 11 is 1.90. The molecule has 0 saturated heterocycles. The molecule has 1 aromatic heterocycles. The van der Waals surface area contributed by atoms with Crippen molar-refractivity contribution >= 4 is 70.1 Å². The van der Waals surface area contributed by atoms with E-state index in [0.29, 0.717) is 0 Å². The number of rotatable bonds is 7. The third-order valence-electron chi connectivity index (χ3n) is 11.5. The summed E-state index contributed by atoms with van der Waals surface area (Å²) in [5, 5.41) is 7.73. The van der Waals surface area contributed by atoms with E-state index >= 15 is 0 Å². The monoisotopic (exact) mass is 755 g/mol. The van der Waals surface area contributed by atoms with Gasteiger partial charge in [-0.25, -0.2) is 0 Å². The van der Waals surface area contributed by atoms with Crippen molar-refractivity contribution in [3.05, 3.63) is 224 Å². The standard InChI is InChI=1S/C56H37NS/c1-3-14-38(15-4-1)40-30-34-44(35-31-40)57(43-16-5-2-6-17-43)45-36-32-41(33-37-45)39-26-28-42(29-27-39)54-49-21-9-7-18-46(49)47-19-8-10-22-50(47)55(54)52-24-13-23-51-48-20-11-12-25-53(48)58-56(51)52/h1-37H. The first kappa shape index (κ1) is 34.0. The average molecular weight is 756 g/mol. The summed E-state index contributed by atoms with van der Waals surface area (Å²) in [5.74, 6) is 0. The highest BCUT2D eigenvalue weighted by molar-refractivity contribution is 7.26. The van der Waals surface area contributed by atoms with Crippen LogP contribution in [0.2, 0.25) is 0 Å². The lowest BCUT2D eigenvalue weighted by molar-refractivity contribution is 1.28. The molecule has 0 aliphatic rings. The van der Waals surface area contributed by atoms with Gasteiger partial charge in [0.05, 0.1) is 0 Å². The summed E-state index contributed by atoms with van der Waals surface area (Å²) in [4.78, 5) is 2.32. The molecule has 0 N–H and O–H groups in total. The van der Waals surface area contributed by atoms with Crippen LogP contribution in [0.1, 0.15) is 0 Å². The Morgan fingerprint density at radius 1 is 0.259 bits per heavy atom. The van der Waals surface area contributed by atoms with Crippen LogP contribution >= 0.6 is 11.3 Å². The van der Waals surface area contributed by atoms with E-state index in [9.17, 15) is 0 Å². The van der Waals surface area contributed by atoms with Crippen LogP contribution in [0, 0.1) is 0 Å². The zero-order valence-corrected chi connectivity index (χ0v) is 32.5. The van der Waals surface area contributed by atoms with Gasteiger partial charge in [-0.2, -0.15) is 0 Å². The Balaban J connectivity index is 1.00. The molecule has 11 rings (SSSR count). The normalized spacial score (nSPS) is 11.4. The maximum absolute atomic E-state index is 2.32. The van der Waals surface area contributed by atoms with Gasteiger partial charge in [0, 0.05) is 42.8 Å². The predicted octanol–water partition coefficient (Wildman–Crippen LogP) is 16.5.